The van der Waals surface area contributed by atoms with Crippen molar-refractivity contribution in [1.29, 1.82) is 0 Å². The summed E-state index contributed by atoms with van der Waals surface area (Å²) in [5, 5.41) is 2.74. The Hall–Kier alpha value is -1.70. The molecule has 0 aromatic heterocycles. The first-order valence-corrected chi connectivity index (χ1v) is 6.50. The predicted molar refractivity (Wildman–Crippen MR) is 78.1 cm³/mol. The summed E-state index contributed by atoms with van der Waals surface area (Å²) in [4.78, 5) is 12.3. The smallest absolute Gasteiger partial charge is 0.256 e. The molecule has 1 aromatic rings. The quantitative estimate of drug-likeness (QED) is 0.795. The monoisotopic (exact) mass is 296 g/mol. The third kappa shape index (κ3) is 3.44. The predicted octanol–water partition coefficient (Wildman–Crippen LogP) is 0.683. The second-order valence-electron chi connectivity index (χ2n) is 4.20. The molecule has 1 aliphatic heterocycles. The van der Waals surface area contributed by atoms with Crippen LogP contribution in [0.15, 0.2) is 18.2 Å². The summed E-state index contributed by atoms with van der Waals surface area (Å²) in [6, 6.07) is 5.09. The zero-order valence-corrected chi connectivity index (χ0v) is 11.9. The van der Waals surface area contributed by atoms with Crippen LogP contribution < -0.4 is 15.8 Å². The Labute approximate surface area is 122 Å². The van der Waals surface area contributed by atoms with Gasteiger partial charge in [0.1, 0.15) is 10.7 Å². The van der Waals surface area contributed by atoms with Crippen LogP contribution in [0.3, 0.4) is 0 Å². The van der Waals surface area contributed by atoms with E-state index in [0.717, 1.165) is 0 Å². The van der Waals surface area contributed by atoms with Gasteiger partial charge in [0, 0.05) is 5.56 Å². The lowest BCUT2D eigenvalue weighted by atomic mass is 10.2. The van der Waals surface area contributed by atoms with Gasteiger partial charge in [-0.2, -0.15) is 0 Å². The molecule has 0 radical (unpaired) electrons. The average molecular weight is 296 g/mol. The molecule has 1 unspecified atom stereocenters. The van der Waals surface area contributed by atoms with Crippen LogP contribution in [0.1, 0.15) is 5.56 Å². The molecule has 3 N–H and O–H groups in total. The van der Waals surface area contributed by atoms with E-state index in [1.807, 2.05) is 0 Å². The van der Waals surface area contributed by atoms with Gasteiger partial charge < -0.3 is 25.3 Å². The zero-order valence-electron chi connectivity index (χ0n) is 11.0. The Morgan fingerprint density at radius 2 is 2.30 bits per heavy atom. The van der Waals surface area contributed by atoms with Crippen molar-refractivity contribution in [3.8, 4) is 5.75 Å². The van der Waals surface area contributed by atoms with E-state index in [9.17, 15) is 4.79 Å². The lowest BCUT2D eigenvalue weighted by molar-refractivity contribution is -0.142. The third-order valence-corrected chi connectivity index (χ3v) is 3.09. The van der Waals surface area contributed by atoms with E-state index in [2.05, 4.69) is 5.32 Å². The highest BCUT2D eigenvalue weighted by molar-refractivity contribution is 7.80. The van der Waals surface area contributed by atoms with Crippen molar-refractivity contribution in [1.82, 2.24) is 0 Å². The van der Waals surface area contributed by atoms with Crippen LogP contribution in [0.2, 0.25) is 0 Å². The number of methoxy groups -OCH3 is 1. The van der Waals surface area contributed by atoms with Crippen LogP contribution in [0, 0.1) is 0 Å². The van der Waals surface area contributed by atoms with Gasteiger partial charge in [0.2, 0.25) is 0 Å². The Morgan fingerprint density at radius 1 is 1.50 bits per heavy atom. The first-order valence-electron chi connectivity index (χ1n) is 6.10. The number of nitrogens with one attached hydrogen (secondary N) is 1. The van der Waals surface area contributed by atoms with Crippen LogP contribution in [0.25, 0.3) is 0 Å². The number of ether oxygens (including phenoxy) is 3. The van der Waals surface area contributed by atoms with Crippen molar-refractivity contribution >= 4 is 28.8 Å². The number of hydrogen-bond acceptors (Lipinski definition) is 5. The number of amides is 1. The first kappa shape index (κ1) is 14.7. The van der Waals surface area contributed by atoms with Crippen molar-refractivity contribution < 1.29 is 19.0 Å². The second kappa shape index (κ2) is 6.65. The molecule has 6 nitrogen and oxygen atoms in total. The minimum Gasteiger partial charge on any atom is -0.495 e. The van der Waals surface area contributed by atoms with Gasteiger partial charge in [0.15, 0.2) is 6.10 Å². The molecule has 0 spiro atoms. The highest BCUT2D eigenvalue weighted by Crippen LogP contribution is 2.26. The number of hydrogen-bond donors (Lipinski definition) is 2. The molecule has 1 saturated heterocycles. The van der Waals surface area contributed by atoms with Crippen molar-refractivity contribution in [2.45, 2.75) is 6.10 Å². The van der Waals surface area contributed by atoms with E-state index < -0.39 is 6.10 Å². The maximum atomic E-state index is 12.0. The molecule has 0 bridgehead atoms. The number of anilines is 1. The third-order valence-electron chi connectivity index (χ3n) is 2.85. The van der Waals surface area contributed by atoms with E-state index in [0.29, 0.717) is 30.2 Å². The summed E-state index contributed by atoms with van der Waals surface area (Å²) in [7, 11) is 1.51. The number of carbonyl (C=O) groups excluding carboxylic acids is 1. The van der Waals surface area contributed by atoms with Gasteiger partial charge in [-0.1, -0.05) is 12.2 Å². The van der Waals surface area contributed by atoms with Gasteiger partial charge >= 0.3 is 0 Å². The van der Waals surface area contributed by atoms with Crippen LogP contribution >= 0.6 is 12.2 Å². The van der Waals surface area contributed by atoms with E-state index in [1.165, 1.54) is 7.11 Å². The van der Waals surface area contributed by atoms with Crippen molar-refractivity contribution in [3.05, 3.63) is 23.8 Å². The van der Waals surface area contributed by atoms with Gasteiger partial charge in [-0.25, -0.2) is 0 Å². The second-order valence-corrected chi connectivity index (χ2v) is 4.64. The maximum Gasteiger partial charge on any atom is 0.256 e. The number of nitrogens with two attached hydrogens (primary N) is 1. The van der Waals surface area contributed by atoms with Crippen molar-refractivity contribution in [2.75, 3.05) is 32.2 Å². The molecule has 0 saturated carbocycles. The zero-order chi connectivity index (χ0) is 14.5. The molecule has 1 fully saturated rings. The van der Waals surface area contributed by atoms with Crippen molar-refractivity contribution in [2.24, 2.45) is 5.73 Å². The summed E-state index contributed by atoms with van der Waals surface area (Å²) < 4.78 is 15.7. The number of rotatable bonds is 4. The molecule has 0 aliphatic carbocycles. The van der Waals surface area contributed by atoms with Crippen LogP contribution in [-0.4, -0.2) is 43.9 Å². The van der Waals surface area contributed by atoms with Gasteiger partial charge in [-0.05, 0) is 18.2 Å². The Kier molecular flexibility index (Phi) is 4.89. The van der Waals surface area contributed by atoms with Gasteiger partial charge in [0.05, 0.1) is 32.6 Å². The number of carbonyl (C=O) groups is 1. The van der Waals surface area contributed by atoms with Crippen LogP contribution in [0.4, 0.5) is 5.69 Å². The molecule has 1 heterocycles. The molecule has 1 amide bonds. The summed E-state index contributed by atoms with van der Waals surface area (Å²) in [5.41, 5.74) is 6.76. The highest BCUT2D eigenvalue weighted by Gasteiger charge is 2.23. The topological polar surface area (TPSA) is 82.8 Å². The van der Waals surface area contributed by atoms with E-state index in [1.54, 1.807) is 18.2 Å². The standard InChI is InChI=1S/C13H16N2O4S/c1-17-10-6-8(12(14)20)2-3-9(10)15-13(16)11-7-18-4-5-19-11/h2-3,6,11H,4-5,7H2,1H3,(H2,14,20)(H,15,16). The Morgan fingerprint density at radius 3 is 2.90 bits per heavy atom. The molecule has 1 aliphatic rings. The molecule has 7 heteroatoms. The van der Waals surface area contributed by atoms with Crippen LogP contribution in [-0.2, 0) is 14.3 Å². The molecule has 1 atom stereocenters. The lowest BCUT2D eigenvalue weighted by Crippen LogP contribution is -2.39. The molecular weight excluding hydrogens is 280 g/mol. The van der Waals surface area contributed by atoms with E-state index in [-0.39, 0.29) is 17.5 Å². The first-order chi connectivity index (χ1) is 9.61. The average Bonchev–Trinajstić information content (AvgIpc) is 2.48. The van der Waals surface area contributed by atoms with Crippen molar-refractivity contribution in [3.63, 3.8) is 0 Å². The summed E-state index contributed by atoms with van der Waals surface area (Å²) in [6.07, 6.45) is -0.608. The summed E-state index contributed by atoms with van der Waals surface area (Å²) in [5.74, 6) is 0.214. The normalized spacial score (nSPS) is 18.4. The molecule has 20 heavy (non-hydrogen) atoms. The maximum absolute atomic E-state index is 12.0. The van der Waals surface area contributed by atoms with Gasteiger partial charge in [-0.3, -0.25) is 4.79 Å². The Bertz CT molecular complexity index is 515. The Balaban J connectivity index is 2.11. The lowest BCUT2D eigenvalue weighted by Gasteiger charge is -2.22. The molecular formula is C13H16N2O4S. The van der Waals surface area contributed by atoms with Gasteiger partial charge in [-0.15, -0.1) is 0 Å². The highest BCUT2D eigenvalue weighted by atomic mass is 32.1. The number of thiocarbonyl (C=S) groups is 1. The summed E-state index contributed by atoms with van der Waals surface area (Å²) in [6.45, 7) is 1.17. The fraction of sp³-hybridized carbons (Fsp3) is 0.385. The largest absolute Gasteiger partial charge is 0.495 e. The molecule has 1 aromatic carbocycles. The molecule has 108 valence electrons. The minimum absolute atomic E-state index is 0.249. The minimum atomic E-state index is -0.608. The van der Waals surface area contributed by atoms with Crippen LogP contribution in [0.5, 0.6) is 5.75 Å². The molecule has 2 rings (SSSR count). The van der Waals surface area contributed by atoms with E-state index in [4.69, 9.17) is 32.2 Å². The fourth-order valence-corrected chi connectivity index (χ4v) is 1.93. The number of benzene rings is 1. The van der Waals surface area contributed by atoms with E-state index >= 15 is 0 Å². The summed E-state index contributed by atoms with van der Waals surface area (Å²) >= 11 is 4.90. The van der Waals surface area contributed by atoms with Gasteiger partial charge in [0.25, 0.3) is 5.91 Å². The SMILES string of the molecule is COc1cc(C(N)=S)ccc1NC(=O)C1COCCO1. The fourth-order valence-electron chi connectivity index (χ4n) is 1.80.